The molecule has 0 atom stereocenters. The fourth-order valence-electron chi connectivity index (χ4n) is 1.47. The van der Waals surface area contributed by atoms with E-state index in [4.69, 9.17) is 5.11 Å². The Bertz CT molecular complexity index is 445. The number of carbonyl (C=O) groups excluding carboxylic acids is 1. The van der Waals surface area contributed by atoms with Gasteiger partial charge in [-0.05, 0) is 30.2 Å². The normalized spacial score (nSPS) is 10.1. The van der Waals surface area contributed by atoms with E-state index < -0.39 is 24.2 Å². The van der Waals surface area contributed by atoms with E-state index in [1.165, 1.54) is 13.1 Å². The van der Waals surface area contributed by atoms with Gasteiger partial charge in [-0.3, -0.25) is 9.59 Å². The van der Waals surface area contributed by atoms with E-state index >= 15 is 0 Å². The van der Waals surface area contributed by atoms with Crippen LogP contribution >= 0.6 is 0 Å². The summed E-state index contributed by atoms with van der Waals surface area (Å²) < 4.78 is 13.2. The van der Waals surface area contributed by atoms with Gasteiger partial charge in [0.15, 0.2) is 0 Å². The van der Waals surface area contributed by atoms with Crippen LogP contribution in [0.25, 0.3) is 0 Å². The number of nitrogens with zero attached hydrogens (tertiary/aromatic N) is 1. The molecule has 0 aromatic heterocycles. The number of hydrogen-bond donors (Lipinski definition) is 1. The Labute approximate surface area is 98.7 Å². The molecule has 1 aromatic rings. The quantitative estimate of drug-likeness (QED) is 0.867. The number of carboxylic acid groups (broad SMARTS) is 1. The Balaban J connectivity index is 2.95. The minimum Gasteiger partial charge on any atom is -0.480 e. The summed E-state index contributed by atoms with van der Waals surface area (Å²) in [5, 5.41) is 8.57. The van der Waals surface area contributed by atoms with Gasteiger partial charge in [0.05, 0.1) is 0 Å². The van der Waals surface area contributed by atoms with Crippen LogP contribution in [0.5, 0.6) is 0 Å². The Kier molecular flexibility index (Phi) is 4.20. The number of amides is 1. The lowest BCUT2D eigenvalue weighted by Gasteiger charge is -2.15. The highest BCUT2D eigenvalue weighted by Crippen LogP contribution is 2.11. The first-order chi connectivity index (χ1) is 7.93. The maximum atomic E-state index is 13.2. The lowest BCUT2D eigenvalue weighted by molar-refractivity contribution is -0.137. The van der Waals surface area contributed by atoms with Crippen LogP contribution in [0.15, 0.2) is 18.2 Å². The Morgan fingerprint density at radius 1 is 1.35 bits per heavy atom. The van der Waals surface area contributed by atoms with Crippen molar-refractivity contribution in [2.75, 3.05) is 13.6 Å². The molecule has 0 bridgehead atoms. The van der Waals surface area contributed by atoms with Gasteiger partial charge in [0.25, 0.3) is 5.91 Å². The predicted octanol–water partition coefficient (Wildman–Crippen LogP) is 1.54. The summed E-state index contributed by atoms with van der Waals surface area (Å²) in [5.41, 5.74) is 0.877. The zero-order valence-corrected chi connectivity index (χ0v) is 9.74. The summed E-state index contributed by atoms with van der Waals surface area (Å²) in [4.78, 5) is 23.3. The Morgan fingerprint density at radius 3 is 2.53 bits per heavy atom. The van der Waals surface area contributed by atoms with E-state index in [-0.39, 0.29) is 5.56 Å². The minimum absolute atomic E-state index is 0.172. The summed E-state index contributed by atoms with van der Waals surface area (Å²) in [6, 6.07) is 4.04. The van der Waals surface area contributed by atoms with E-state index in [9.17, 15) is 14.0 Å². The maximum Gasteiger partial charge on any atom is 0.323 e. The molecule has 4 nitrogen and oxygen atoms in total. The van der Waals surface area contributed by atoms with Gasteiger partial charge in [0.2, 0.25) is 0 Å². The molecule has 0 fully saturated rings. The summed E-state index contributed by atoms with van der Waals surface area (Å²) >= 11 is 0. The second kappa shape index (κ2) is 5.43. The van der Waals surface area contributed by atoms with E-state index in [1.807, 2.05) is 6.92 Å². The lowest BCUT2D eigenvalue weighted by Crippen LogP contribution is -2.32. The highest BCUT2D eigenvalue weighted by molar-refractivity contribution is 5.95. The minimum atomic E-state index is -1.10. The van der Waals surface area contributed by atoms with Crippen molar-refractivity contribution < 1.29 is 19.1 Å². The van der Waals surface area contributed by atoms with Crippen LogP contribution in [0.2, 0.25) is 0 Å². The number of carbonyl (C=O) groups is 2. The number of hydrogen-bond acceptors (Lipinski definition) is 2. The van der Waals surface area contributed by atoms with Gasteiger partial charge < -0.3 is 10.0 Å². The average molecular weight is 239 g/mol. The molecule has 1 amide bonds. The molecule has 0 saturated heterocycles. The van der Waals surface area contributed by atoms with Gasteiger partial charge >= 0.3 is 5.97 Å². The molecule has 0 saturated carbocycles. The molecule has 0 unspecified atom stereocenters. The molecule has 0 aliphatic carbocycles. The number of aryl methyl sites for hydroxylation is 1. The van der Waals surface area contributed by atoms with Gasteiger partial charge in [-0.2, -0.15) is 0 Å². The third-order valence-corrected chi connectivity index (χ3v) is 2.33. The van der Waals surface area contributed by atoms with Crippen LogP contribution in [-0.2, 0) is 11.2 Å². The number of aliphatic carboxylic acids is 1. The van der Waals surface area contributed by atoms with Crippen molar-refractivity contribution in [3.63, 3.8) is 0 Å². The molecule has 0 aliphatic rings. The number of rotatable bonds is 4. The molecule has 0 radical (unpaired) electrons. The van der Waals surface area contributed by atoms with Crippen LogP contribution in [0.1, 0.15) is 22.8 Å². The Morgan fingerprint density at radius 2 is 2.00 bits per heavy atom. The van der Waals surface area contributed by atoms with Crippen LogP contribution in [0.4, 0.5) is 4.39 Å². The first-order valence-electron chi connectivity index (χ1n) is 5.20. The van der Waals surface area contributed by atoms with Crippen molar-refractivity contribution >= 4 is 11.9 Å². The molecule has 5 heteroatoms. The average Bonchev–Trinajstić information content (AvgIpc) is 2.26. The van der Waals surface area contributed by atoms with E-state index in [0.717, 1.165) is 11.0 Å². The number of likely N-dealkylation sites (N-methyl/N-ethyl adjacent to an activating group) is 1. The summed E-state index contributed by atoms with van der Waals surface area (Å²) in [6.45, 7) is 1.45. The fourth-order valence-corrected chi connectivity index (χ4v) is 1.47. The standard InChI is InChI=1S/C12H14FNO3/c1-3-8-4-9(6-10(13)5-8)12(17)14(2)7-11(15)16/h4-6H,3,7H2,1-2H3,(H,15,16). The van der Waals surface area contributed by atoms with Crippen molar-refractivity contribution in [1.29, 1.82) is 0 Å². The third-order valence-electron chi connectivity index (χ3n) is 2.33. The Hall–Kier alpha value is -1.91. The maximum absolute atomic E-state index is 13.2. The molecule has 1 N–H and O–H groups in total. The predicted molar refractivity (Wildman–Crippen MR) is 60.4 cm³/mol. The molecule has 0 heterocycles. The molecule has 0 aliphatic heterocycles. The second-order valence-corrected chi connectivity index (χ2v) is 3.76. The number of benzene rings is 1. The van der Waals surface area contributed by atoms with Crippen molar-refractivity contribution in [3.05, 3.63) is 35.1 Å². The number of halogens is 1. The van der Waals surface area contributed by atoms with Crippen molar-refractivity contribution in [1.82, 2.24) is 4.90 Å². The van der Waals surface area contributed by atoms with Crippen LogP contribution in [-0.4, -0.2) is 35.5 Å². The topological polar surface area (TPSA) is 57.6 Å². The molecule has 92 valence electrons. The van der Waals surface area contributed by atoms with Gasteiger partial charge in [0.1, 0.15) is 12.4 Å². The van der Waals surface area contributed by atoms with Crippen molar-refractivity contribution in [2.45, 2.75) is 13.3 Å². The highest BCUT2D eigenvalue weighted by atomic mass is 19.1. The smallest absolute Gasteiger partial charge is 0.323 e. The van der Waals surface area contributed by atoms with Gasteiger partial charge in [-0.1, -0.05) is 6.92 Å². The largest absolute Gasteiger partial charge is 0.480 e. The van der Waals surface area contributed by atoms with E-state index in [2.05, 4.69) is 0 Å². The van der Waals surface area contributed by atoms with Crippen LogP contribution in [0.3, 0.4) is 0 Å². The van der Waals surface area contributed by atoms with Gasteiger partial charge in [0, 0.05) is 12.6 Å². The SMILES string of the molecule is CCc1cc(F)cc(C(=O)N(C)CC(=O)O)c1. The monoisotopic (exact) mass is 239 g/mol. The van der Waals surface area contributed by atoms with Gasteiger partial charge in [-0.15, -0.1) is 0 Å². The number of carboxylic acids is 1. The van der Waals surface area contributed by atoms with E-state index in [0.29, 0.717) is 12.0 Å². The van der Waals surface area contributed by atoms with Crippen LogP contribution in [0, 0.1) is 5.82 Å². The van der Waals surface area contributed by atoms with E-state index in [1.54, 1.807) is 6.07 Å². The molecular formula is C12H14FNO3. The lowest BCUT2D eigenvalue weighted by atomic mass is 10.1. The fraction of sp³-hybridized carbons (Fsp3) is 0.333. The van der Waals surface area contributed by atoms with Crippen molar-refractivity contribution in [3.8, 4) is 0 Å². The molecule has 1 aromatic carbocycles. The zero-order valence-electron chi connectivity index (χ0n) is 9.74. The summed E-state index contributed by atoms with van der Waals surface area (Å²) in [7, 11) is 1.37. The highest BCUT2D eigenvalue weighted by Gasteiger charge is 2.15. The van der Waals surface area contributed by atoms with Crippen molar-refractivity contribution in [2.24, 2.45) is 0 Å². The molecule has 0 spiro atoms. The molecular weight excluding hydrogens is 225 g/mol. The second-order valence-electron chi connectivity index (χ2n) is 3.76. The third kappa shape index (κ3) is 3.55. The first kappa shape index (κ1) is 13.2. The summed E-state index contributed by atoms with van der Waals surface area (Å²) in [5.74, 6) is -2.09. The van der Waals surface area contributed by atoms with Gasteiger partial charge in [-0.25, -0.2) is 4.39 Å². The van der Waals surface area contributed by atoms with Crippen LogP contribution < -0.4 is 0 Å². The molecule has 1 rings (SSSR count). The first-order valence-corrected chi connectivity index (χ1v) is 5.20. The zero-order chi connectivity index (χ0) is 13.0. The molecule has 17 heavy (non-hydrogen) atoms. The summed E-state index contributed by atoms with van der Waals surface area (Å²) in [6.07, 6.45) is 0.612.